The molecule has 1 aliphatic heterocycles. The molecule has 2 aromatic rings. The highest BCUT2D eigenvalue weighted by atomic mass is 16.5. The van der Waals surface area contributed by atoms with Crippen molar-refractivity contribution in [3.05, 3.63) is 59.3 Å². The Bertz CT molecular complexity index is 679. The Labute approximate surface area is 142 Å². The number of rotatable bonds is 6. The Morgan fingerprint density at radius 2 is 2.04 bits per heavy atom. The summed E-state index contributed by atoms with van der Waals surface area (Å²) < 4.78 is 5.10. The number of nitrogens with zero attached hydrogens (tertiary/aromatic N) is 2. The molecule has 2 heterocycles. The predicted octanol–water partition coefficient (Wildman–Crippen LogP) is 2.76. The molecule has 1 aromatic carbocycles. The van der Waals surface area contributed by atoms with Gasteiger partial charge in [-0.2, -0.15) is 0 Å². The van der Waals surface area contributed by atoms with Crippen molar-refractivity contribution in [1.82, 2.24) is 10.3 Å². The number of methoxy groups -OCH3 is 1. The van der Waals surface area contributed by atoms with Gasteiger partial charge in [-0.05, 0) is 42.2 Å². The second-order valence-corrected chi connectivity index (χ2v) is 6.03. The van der Waals surface area contributed by atoms with Crippen LogP contribution in [-0.4, -0.2) is 31.1 Å². The van der Waals surface area contributed by atoms with Crippen molar-refractivity contribution in [3.63, 3.8) is 0 Å². The molecule has 0 atom stereocenters. The zero-order valence-corrected chi connectivity index (χ0v) is 14.0. The van der Waals surface area contributed by atoms with Gasteiger partial charge in [-0.15, -0.1) is 0 Å². The molecule has 1 N–H and O–H groups in total. The first-order valence-electron chi connectivity index (χ1n) is 8.32. The number of amides is 1. The van der Waals surface area contributed by atoms with Crippen LogP contribution in [0.5, 0.6) is 0 Å². The Kier molecular flexibility index (Phi) is 5.43. The van der Waals surface area contributed by atoms with Gasteiger partial charge >= 0.3 is 0 Å². The Morgan fingerprint density at radius 1 is 1.21 bits per heavy atom. The summed E-state index contributed by atoms with van der Waals surface area (Å²) in [6, 6.07) is 11.5. The van der Waals surface area contributed by atoms with Gasteiger partial charge in [-0.25, -0.2) is 4.98 Å². The highest BCUT2D eigenvalue weighted by molar-refractivity contribution is 5.94. The van der Waals surface area contributed by atoms with Gasteiger partial charge < -0.3 is 15.0 Å². The molecule has 5 nitrogen and oxygen atoms in total. The SMILES string of the molecule is COCc1cccc(C(=O)NCc2ccc(N3CCCC3)nc2)c1. The molecule has 0 radical (unpaired) electrons. The first-order valence-corrected chi connectivity index (χ1v) is 8.32. The van der Waals surface area contributed by atoms with E-state index in [0.29, 0.717) is 18.7 Å². The average molecular weight is 325 g/mol. The number of carbonyl (C=O) groups excluding carboxylic acids is 1. The molecule has 0 aliphatic carbocycles. The molecule has 24 heavy (non-hydrogen) atoms. The highest BCUT2D eigenvalue weighted by Gasteiger charge is 2.13. The molecule has 1 aliphatic rings. The van der Waals surface area contributed by atoms with Gasteiger partial charge in [0.05, 0.1) is 6.61 Å². The molecule has 0 saturated carbocycles. The van der Waals surface area contributed by atoms with Crippen molar-refractivity contribution in [2.75, 3.05) is 25.1 Å². The Hall–Kier alpha value is -2.40. The van der Waals surface area contributed by atoms with Crippen molar-refractivity contribution in [1.29, 1.82) is 0 Å². The molecular formula is C19H23N3O2. The van der Waals surface area contributed by atoms with Crippen LogP contribution >= 0.6 is 0 Å². The molecule has 1 saturated heterocycles. The van der Waals surface area contributed by atoms with E-state index in [1.807, 2.05) is 42.6 Å². The topological polar surface area (TPSA) is 54.5 Å². The summed E-state index contributed by atoms with van der Waals surface area (Å²) in [5.41, 5.74) is 2.63. The molecule has 3 rings (SSSR count). The fourth-order valence-electron chi connectivity index (χ4n) is 2.91. The van der Waals surface area contributed by atoms with Crippen LogP contribution in [0, 0.1) is 0 Å². The molecule has 0 unspecified atom stereocenters. The predicted molar refractivity (Wildman–Crippen MR) is 94.0 cm³/mol. The molecule has 0 spiro atoms. The second kappa shape index (κ2) is 7.93. The minimum Gasteiger partial charge on any atom is -0.380 e. The zero-order chi connectivity index (χ0) is 16.8. The maximum atomic E-state index is 12.3. The molecule has 1 aromatic heterocycles. The number of nitrogens with one attached hydrogen (secondary N) is 1. The van der Waals surface area contributed by atoms with Crippen molar-refractivity contribution < 1.29 is 9.53 Å². The van der Waals surface area contributed by atoms with Crippen LogP contribution in [0.2, 0.25) is 0 Å². The lowest BCUT2D eigenvalue weighted by atomic mass is 10.1. The van der Waals surface area contributed by atoms with E-state index in [0.717, 1.165) is 30.0 Å². The number of benzene rings is 1. The van der Waals surface area contributed by atoms with Gasteiger partial charge in [0.25, 0.3) is 5.91 Å². The lowest BCUT2D eigenvalue weighted by Gasteiger charge is -2.16. The third-order valence-corrected chi connectivity index (χ3v) is 4.19. The van der Waals surface area contributed by atoms with E-state index < -0.39 is 0 Å². The number of ether oxygens (including phenoxy) is 1. The van der Waals surface area contributed by atoms with E-state index in [1.165, 1.54) is 12.8 Å². The summed E-state index contributed by atoms with van der Waals surface area (Å²) >= 11 is 0. The van der Waals surface area contributed by atoms with Crippen LogP contribution in [0.25, 0.3) is 0 Å². The summed E-state index contributed by atoms with van der Waals surface area (Å²) in [5, 5.41) is 2.94. The second-order valence-electron chi connectivity index (χ2n) is 6.03. The molecular weight excluding hydrogens is 302 g/mol. The molecule has 126 valence electrons. The van der Waals surface area contributed by atoms with Crippen LogP contribution in [0.3, 0.4) is 0 Å². The minimum atomic E-state index is -0.0865. The number of hydrogen-bond acceptors (Lipinski definition) is 4. The first-order chi connectivity index (χ1) is 11.8. The zero-order valence-electron chi connectivity index (χ0n) is 14.0. The fraction of sp³-hybridized carbons (Fsp3) is 0.368. The Balaban J connectivity index is 1.56. The van der Waals surface area contributed by atoms with Crippen LogP contribution < -0.4 is 10.2 Å². The van der Waals surface area contributed by atoms with Gasteiger partial charge in [0, 0.05) is 38.5 Å². The van der Waals surface area contributed by atoms with E-state index in [9.17, 15) is 4.79 Å². The maximum Gasteiger partial charge on any atom is 0.251 e. The summed E-state index contributed by atoms with van der Waals surface area (Å²) in [4.78, 5) is 19.1. The first kappa shape index (κ1) is 16.5. The monoisotopic (exact) mass is 325 g/mol. The van der Waals surface area contributed by atoms with Gasteiger partial charge in [-0.1, -0.05) is 18.2 Å². The number of anilines is 1. The van der Waals surface area contributed by atoms with E-state index in [1.54, 1.807) is 7.11 Å². The smallest absolute Gasteiger partial charge is 0.251 e. The molecule has 1 fully saturated rings. The normalized spacial score (nSPS) is 14.0. The quantitative estimate of drug-likeness (QED) is 0.887. The summed E-state index contributed by atoms with van der Waals surface area (Å²) in [7, 11) is 1.64. The lowest BCUT2D eigenvalue weighted by Crippen LogP contribution is -2.23. The largest absolute Gasteiger partial charge is 0.380 e. The van der Waals surface area contributed by atoms with Crippen molar-refractivity contribution in [3.8, 4) is 0 Å². The third kappa shape index (κ3) is 4.11. The number of pyridine rings is 1. The molecule has 1 amide bonds. The summed E-state index contributed by atoms with van der Waals surface area (Å²) in [6.07, 6.45) is 4.32. The fourth-order valence-corrected chi connectivity index (χ4v) is 2.91. The average Bonchev–Trinajstić information content (AvgIpc) is 3.15. The van der Waals surface area contributed by atoms with Gasteiger partial charge in [0.1, 0.15) is 5.82 Å². The van der Waals surface area contributed by atoms with E-state index in [-0.39, 0.29) is 5.91 Å². The highest BCUT2D eigenvalue weighted by Crippen LogP contribution is 2.17. The van der Waals surface area contributed by atoms with Crippen LogP contribution in [-0.2, 0) is 17.9 Å². The lowest BCUT2D eigenvalue weighted by molar-refractivity contribution is 0.0950. The van der Waals surface area contributed by atoms with Gasteiger partial charge in [0.15, 0.2) is 0 Å². The third-order valence-electron chi connectivity index (χ3n) is 4.19. The van der Waals surface area contributed by atoms with Gasteiger partial charge in [-0.3, -0.25) is 4.79 Å². The standard InChI is InChI=1S/C19H23N3O2/c1-24-14-15-5-4-6-17(11-15)19(23)21-13-16-7-8-18(20-12-16)22-9-2-3-10-22/h4-8,11-12H,2-3,9-10,13-14H2,1H3,(H,21,23). The molecule has 0 bridgehead atoms. The van der Waals surface area contributed by atoms with Crippen molar-refractivity contribution in [2.24, 2.45) is 0 Å². The van der Waals surface area contributed by atoms with Crippen LogP contribution in [0.1, 0.15) is 34.3 Å². The summed E-state index contributed by atoms with van der Waals surface area (Å²) in [6.45, 7) is 3.14. The van der Waals surface area contributed by atoms with Gasteiger partial charge in [0.2, 0.25) is 0 Å². The number of aromatic nitrogens is 1. The van der Waals surface area contributed by atoms with E-state index >= 15 is 0 Å². The van der Waals surface area contributed by atoms with Crippen molar-refractivity contribution in [2.45, 2.75) is 26.0 Å². The van der Waals surface area contributed by atoms with Crippen molar-refractivity contribution >= 4 is 11.7 Å². The summed E-state index contributed by atoms with van der Waals surface area (Å²) in [5.74, 6) is 0.936. The number of hydrogen-bond donors (Lipinski definition) is 1. The van der Waals surface area contributed by atoms with E-state index in [2.05, 4.69) is 15.2 Å². The van der Waals surface area contributed by atoms with Crippen LogP contribution in [0.15, 0.2) is 42.6 Å². The van der Waals surface area contributed by atoms with Crippen LogP contribution in [0.4, 0.5) is 5.82 Å². The molecule has 5 heteroatoms. The maximum absolute atomic E-state index is 12.3. The van der Waals surface area contributed by atoms with E-state index in [4.69, 9.17) is 4.74 Å². The number of carbonyl (C=O) groups is 1. The Morgan fingerprint density at radius 3 is 2.75 bits per heavy atom. The minimum absolute atomic E-state index is 0.0865.